The second kappa shape index (κ2) is 6.38. The van der Waals surface area contributed by atoms with Crippen molar-refractivity contribution >= 4 is 46.1 Å². The molecule has 0 spiro atoms. The van der Waals surface area contributed by atoms with Gasteiger partial charge in [0.25, 0.3) is 11.8 Å². The van der Waals surface area contributed by atoms with E-state index in [-0.39, 0.29) is 11.8 Å². The van der Waals surface area contributed by atoms with Crippen molar-refractivity contribution in [2.75, 3.05) is 16.8 Å². The Hall–Kier alpha value is -2.57. The van der Waals surface area contributed by atoms with E-state index < -0.39 is 0 Å². The summed E-state index contributed by atoms with van der Waals surface area (Å²) < 4.78 is 5.56. The van der Waals surface area contributed by atoms with Crippen molar-refractivity contribution in [1.82, 2.24) is 0 Å². The van der Waals surface area contributed by atoms with Crippen LogP contribution in [0, 0.1) is 0 Å². The van der Waals surface area contributed by atoms with Crippen LogP contribution in [0.3, 0.4) is 0 Å². The number of nitrogens with one attached hydrogen (secondary N) is 1. The minimum atomic E-state index is -0.193. The summed E-state index contributed by atoms with van der Waals surface area (Å²) in [4.78, 5) is 27.0. The summed E-state index contributed by atoms with van der Waals surface area (Å²) in [5.74, 6) is -0.279. The van der Waals surface area contributed by atoms with Gasteiger partial charge in [-0.15, -0.1) is 11.3 Å². The van der Waals surface area contributed by atoms with Gasteiger partial charge in [-0.1, -0.05) is 11.6 Å². The van der Waals surface area contributed by atoms with Gasteiger partial charge >= 0.3 is 0 Å². The average molecular weight is 373 g/mol. The van der Waals surface area contributed by atoms with Crippen LogP contribution in [0.25, 0.3) is 0 Å². The van der Waals surface area contributed by atoms with Crippen molar-refractivity contribution < 1.29 is 14.0 Å². The van der Waals surface area contributed by atoms with Crippen molar-refractivity contribution in [1.29, 1.82) is 0 Å². The molecule has 0 aliphatic carbocycles. The Morgan fingerprint density at radius 1 is 1.20 bits per heavy atom. The fraction of sp³-hybridized carbons (Fsp3) is 0.111. The van der Waals surface area contributed by atoms with Crippen molar-refractivity contribution in [2.45, 2.75) is 6.42 Å². The smallest absolute Gasteiger partial charge is 0.265 e. The highest BCUT2D eigenvalue weighted by Crippen LogP contribution is 2.32. The van der Waals surface area contributed by atoms with E-state index in [1.165, 1.54) is 23.9 Å². The molecular formula is C18H13ClN2O3S. The lowest BCUT2D eigenvalue weighted by molar-refractivity contribution is 0.0987. The monoisotopic (exact) mass is 372 g/mol. The van der Waals surface area contributed by atoms with E-state index in [1.807, 2.05) is 12.1 Å². The first-order valence-electron chi connectivity index (χ1n) is 7.65. The maximum absolute atomic E-state index is 12.5. The van der Waals surface area contributed by atoms with Crippen molar-refractivity contribution in [3.8, 4) is 0 Å². The number of rotatable bonds is 3. The standard InChI is InChI=1S/C18H13ClN2O3S/c19-16-4-3-15(25-16)17(22)20-13-1-2-14-11(9-13)5-7-21(14)18(23)12-6-8-24-10-12/h1-4,6,8-10H,5,7H2,(H,20,22). The minimum absolute atomic E-state index is 0.0856. The van der Waals surface area contributed by atoms with Crippen LogP contribution >= 0.6 is 22.9 Å². The van der Waals surface area contributed by atoms with Gasteiger partial charge in [0.15, 0.2) is 0 Å². The third-order valence-corrected chi connectivity index (χ3v) is 5.27. The zero-order valence-electron chi connectivity index (χ0n) is 13.0. The van der Waals surface area contributed by atoms with E-state index in [0.717, 1.165) is 17.7 Å². The molecule has 7 heteroatoms. The Labute approximate surface area is 152 Å². The molecule has 126 valence electrons. The molecule has 3 aromatic rings. The number of fused-ring (bicyclic) bond motifs is 1. The normalized spacial score (nSPS) is 12.9. The number of carbonyl (C=O) groups excluding carboxylic acids is 2. The van der Waals surface area contributed by atoms with Gasteiger partial charge in [0.1, 0.15) is 6.26 Å². The Kier molecular flexibility index (Phi) is 4.07. The number of hydrogen-bond donors (Lipinski definition) is 1. The van der Waals surface area contributed by atoms with Crippen LogP contribution < -0.4 is 10.2 Å². The molecule has 1 N–H and O–H groups in total. The highest BCUT2D eigenvalue weighted by atomic mass is 35.5. The molecule has 0 radical (unpaired) electrons. The first-order valence-corrected chi connectivity index (χ1v) is 8.85. The molecule has 0 fully saturated rings. The number of hydrogen-bond acceptors (Lipinski definition) is 4. The van der Waals surface area contributed by atoms with Gasteiger partial charge in [-0.3, -0.25) is 9.59 Å². The molecule has 0 saturated heterocycles. The number of benzene rings is 1. The number of nitrogens with zero attached hydrogens (tertiary/aromatic N) is 1. The number of anilines is 2. The van der Waals surface area contributed by atoms with Gasteiger partial charge in [-0.05, 0) is 48.4 Å². The zero-order valence-corrected chi connectivity index (χ0v) is 14.6. The van der Waals surface area contributed by atoms with E-state index >= 15 is 0 Å². The SMILES string of the molecule is O=C(Nc1ccc2c(c1)CCN2C(=O)c1ccoc1)c1ccc(Cl)s1. The first-order chi connectivity index (χ1) is 12.1. The molecule has 2 amide bonds. The van der Waals surface area contributed by atoms with Gasteiger partial charge in [0.05, 0.1) is 21.0 Å². The van der Waals surface area contributed by atoms with Gasteiger partial charge in [0.2, 0.25) is 0 Å². The molecule has 0 atom stereocenters. The topological polar surface area (TPSA) is 62.6 Å². The van der Waals surface area contributed by atoms with Crippen molar-refractivity contribution in [3.63, 3.8) is 0 Å². The fourth-order valence-electron chi connectivity index (χ4n) is 2.86. The Morgan fingerprint density at radius 3 is 2.80 bits per heavy atom. The highest BCUT2D eigenvalue weighted by molar-refractivity contribution is 7.18. The number of carbonyl (C=O) groups is 2. The molecular weight excluding hydrogens is 360 g/mol. The van der Waals surface area contributed by atoms with Crippen LogP contribution in [0.1, 0.15) is 25.6 Å². The van der Waals surface area contributed by atoms with E-state index in [4.69, 9.17) is 16.0 Å². The molecule has 0 bridgehead atoms. The summed E-state index contributed by atoms with van der Waals surface area (Å²) in [6, 6.07) is 10.6. The van der Waals surface area contributed by atoms with Gasteiger partial charge < -0.3 is 14.6 Å². The van der Waals surface area contributed by atoms with Crippen molar-refractivity contribution in [3.05, 3.63) is 69.3 Å². The summed E-state index contributed by atoms with van der Waals surface area (Å²) in [7, 11) is 0. The predicted molar refractivity (Wildman–Crippen MR) is 97.8 cm³/mol. The molecule has 1 aromatic carbocycles. The van der Waals surface area contributed by atoms with Crippen LogP contribution in [0.5, 0.6) is 0 Å². The number of furan rings is 1. The number of amides is 2. The molecule has 1 aliphatic heterocycles. The lowest BCUT2D eigenvalue weighted by Gasteiger charge is -2.16. The number of thiophene rings is 1. The average Bonchev–Trinajstić information content (AvgIpc) is 3.34. The summed E-state index contributed by atoms with van der Waals surface area (Å²) in [6.45, 7) is 0.608. The van der Waals surface area contributed by atoms with E-state index in [1.54, 1.807) is 29.2 Å². The van der Waals surface area contributed by atoms with Gasteiger partial charge in [0, 0.05) is 17.9 Å². The Bertz CT molecular complexity index is 949. The molecule has 5 nitrogen and oxygen atoms in total. The Morgan fingerprint density at radius 2 is 2.08 bits per heavy atom. The summed E-state index contributed by atoms with van der Waals surface area (Å²) in [5.41, 5.74) is 3.12. The van der Waals surface area contributed by atoms with Gasteiger partial charge in [-0.25, -0.2) is 0 Å². The van der Waals surface area contributed by atoms with Crippen LogP contribution in [0.2, 0.25) is 4.34 Å². The second-order valence-electron chi connectivity index (χ2n) is 5.62. The predicted octanol–water partition coefficient (Wildman–Crippen LogP) is 4.45. The Balaban J connectivity index is 1.53. The van der Waals surface area contributed by atoms with Crippen molar-refractivity contribution in [2.24, 2.45) is 0 Å². The third kappa shape index (κ3) is 3.06. The number of halogens is 1. The highest BCUT2D eigenvalue weighted by Gasteiger charge is 2.26. The summed E-state index contributed by atoms with van der Waals surface area (Å²) in [5, 5.41) is 2.87. The maximum atomic E-state index is 12.5. The lowest BCUT2D eigenvalue weighted by atomic mass is 10.1. The largest absolute Gasteiger partial charge is 0.472 e. The molecule has 25 heavy (non-hydrogen) atoms. The third-order valence-electron chi connectivity index (χ3n) is 4.04. The second-order valence-corrected chi connectivity index (χ2v) is 7.34. The van der Waals surface area contributed by atoms with E-state index in [2.05, 4.69) is 5.32 Å². The molecule has 0 saturated carbocycles. The molecule has 1 aliphatic rings. The fourth-order valence-corrected chi connectivity index (χ4v) is 3.80. The molecule has 0 unspecified atom stereocenters. The first kappa shape index (κ1) is 15.9. The molecule has 2 aromatic heterocycles. The quantitative estimate of drug-likeness (QED) is 0.738. The lowest BCUT2D eigenvalue weighted by Crippen LogP contribution is -2.28. The minimum Gasteiger partial charge on any atom is -0.472 e. The van der Waals surface area contributed by atoms with E-state index in [9.17, 15) is 9.59 Å². The van der Waals surface area contributed by atoms with E-state index in [0.29, 0.717) is 27.0 Å². The molecule has 3 heterocycles. The van der Waals surface area contributed by atoms with Crippen LogP contribution in [0.15, 0.2) is 53.3 Å². The van der Waals surface area contributed by atoms with Crippen LogP contribution in [-0.4, -0.2) is 18.4 Å². The molecule has 4 rings (SSSR count). The summed E-state index contributed by atoms with van der Waals surface area (Å²) in [6.07, 6.45) is 3.67. The maximum Gasteiger partial charge on any atom is 0.265 e. The summed E-state index contributed by atoms with van der Waals surface area (Å²) >= 11 is 7.10. The van der Waals surface area contributed by atoms with Gasteiger partial charge in [-0.2, -0.15) is 0 Å². The van der Waals surface area contributed by atoms with Crippen LogP contribution in [-0.2, 0) is 6.42 Å². The van der Waals surface area contributed by atoms with Crippen LogP contribution in [0.4, 0.5) is 11.4 Å². The zero-order chi connectivity index (χ0) is 17.4.